The minimum absolute atomic E-state index is 0.217. The molecule has 2 atom stereocenters. The summed E-state index contributed by atoms with van der Waals surface area (Å²) in [5.74, 6) is -0.213. The van der Waals surface area contributed by atoms with E-state index in [1.54, 1.807) is 36.4 Å². The molecule has 0 aliphatic heterocycles. The summed E-state index contributed by atoms with van der Waals surface area (Å²) >= 11 is 0. The molecule has 182 valence electrons. The summed E-state index contributed by atoms with van der Waals surface area (Å²) in [6, 6.07) is 19.5. The van der Waals surface area contributed by atoms with Crippen LogP contribution in [0.4, 0.5) is 9.18 Å². The fourth-order valence-corrected chi connectivity index (χ4v) is 3.08. The van der Waals surface area contributed by atoms with Crippen LogP contribution >= 0.6 is 0 Å². The van der Waals surface area contributed by atoms with E-state index in [-0.39, 0.29) is 6.42 Å². The highest BCUT2D eigenvalue weighted by molar-refractivity contribution is 5.85. The van der Waals surface area contributed by atoms with E-state index in [0.29, 0.717) is 22.8 Å². The van der Waals surface area contributed by atoms with E-state index in [9.17, 15) is 18.8 Å². The molecule has 0 heterocycles. The summed E-state index contributed by atoms with van der Waals surface area (Å²) in [4.78, 5) is 36.2. The number of amides is 4. The summed E-state index contributed by atoms with van der Waals surface area (Å²) in [6.07, 6.45) is -1.18. The molecule has 35 heavy (non-hydrogen) atoms. The molecular weight excluding hydrogens is 455 g/mol. The van der Waals surface area contributed by atoms with E-state index in [4.69, 9.17) is 15.2 Å². The minimum atomic E-state index is -0.966. The molecule has 0 saturated carbocycles. The maximum atomic E-state index is 13.0. The molecule has 0 spiro atoms. The van der Waals surface area contributed by atoms with Crippen molar-refractivity contribution in [2.45, 2.75) is 25.5 Å². The van der Waals surface area contributed by atoms with Gasteiger partial charge in [0.25, 0.3) is 5.91 Å². The SMILES string of the molecule is CC(Oc1ccc(F)cc1)C(=O)NNC(=O)CC(NC(N)=O)c1cccc(Oc2ccccc2)c1. The number of hydrogen-bond donors (Lipinski definition) is 4. The van der Waals surface area contributed by atoms with Crippen LogP contribution in [0.3, 0.4) is 0 Å². The van der Waals surface area contributed by atoms with Gasteiger partial charge in [-0.2, -0.15) is 0 Å². The second kappa shape index (κ2) is 12.0. The highest BCUT2D eigenvalue weighted by Gasteiger charge is 2.20. The van der Waals surface area contributed by atoms with E-state index in [2.05, 4.69) is 16.2 Å². The third-order valence-corrected chi connectivity index (χ3v) is 4.77. The van der Waals surface area contributed by atoms with E-state index in [1.165, 1.54) is 31.2 Å². The smallest absolute Gasteiger partial charge is 0.312 e. The predicted molar refractivity (Wildman–Crippen MR) is 126 cm³/mol. The molecular formula is C25H25FN4O5. The van der Waals surface area contributed by atoms with Gasteiger partial charge in [-0.25, -0.2) is 9.18 Å². The Morgan fingerprint density at radius 1 is 0.886 bits per heavy atom. The van der Waals surface area contributed by atoms with Crippen molar-refractivity contribution in [3.63, 3.8) is 0 Å². The van der Waals surface area contributed by atoms with Crippen molar-refractivity contribution in [2.24, 2.45) is 5.73 Å². The first-order chi connectivity index (χ1) is 16.8. The fraction of sp³-hybridized carbons (Fsp3) is 0.160. The zero-order valence-corrected chi connectivity index (χ0v) is 18.9. The van der Waals surface area contributed by atoms with Gasteiger partial charge in [0.2, 0.25) is 5.91 Å². The van der Waals surface area contributed by atoms with Crippen molar-refractivity contribution in [3.8, 4) is 17.2 Å². The van der Waals surface area contributed by atoms with Gasteiger partial charge in [0.15, 0.2) is 6.10 Å². The fourth-order valence-electron chi connectivity index (χ4n) is 3.08. The summed E-state index contributed by atoms with van der Waals surface area (Å²) in [5.41, 5.74) is 10.4. The highest BCUT2D eigenvalue weighted by atomic mass is 19.1. The molecule has 2 unspecified atom stereocenters. The lowest BCUT2D eigenvalue weighted by Crippen LogP contribution is -2.48. The van der Waals surface area contributed by atoms with Crippen molar-refractivity contribution in [1.29, 1.82) is 0 Å². The summed E-state index contributed by atoms with van der Waals surface area (Å²) in [7, 11) is 0. The topological polar surface area (TPSA) is 132 Å². The monoisotopic (exact) mass is 480 g/mol. The number of nitrogens with two attached hydrogens (primary N) is 1. The summed E-state index contributed by atoms with van der Waals surface area (Å²) in [5, 5.41) is 2.52. The molecule has 4 amide bonds. The van der Waals surface area contributed by atoms with Crippen LogP contribution in [0.2, 0.25) is 0 Å². The van der Waals surface area contributed by atoms with Crippen LogP contribution in [-0.4, -0.2) is 23.9 Å². The Morgan fingerprint density at radius 2 is 1.57 bits per heavy atom. The molecule has 0 bridgehead atoms. The number of hydrazine groups is 1. The lowest BCUT2D eigenvalue weighted by Gasteiger charge is -2.19. The van der Waals surface area contributed by atoms with Gasteiger partial charge in [0.05, 0.1) is 12.5 Å². The molecule has 0 aromatic heterocycles. The van der Waals surface area contributed by atoms with Crippen LogP contribution in [-0.2, 0) is 9.59 Å². The molecule has 3 aromatic carbocycles. The Labute approximate surface area is 201 Å². The highest BCUT2D eigenvalue weighted by Crippen LogP contribution is 2.26. The number of nitrogens with one attached hydrogen (secondary N) is 3. The molecule has 10 heteroatoms. The van der Waals surface area contributed by atoms with E-state index >= 15 is 0 Å². The maximum absolute atomic E-state index is 13.0. The zero-order chi connectivity index (χ0) is 25.2. The Kier molecular flexibility index (Phi) is 8.60. The van der Waals surface area contributed by atoms with E-state index < -0.39 is 35.8 Å². The number of para-hydroxylation sites is 1. The maximum Gasteiger partial charge on any atom is 0.312 e. The molecule has 9 nitrogen and oxygen atoms in total. The summed E-state index contributed by atoms with van der Waals surface area (Å²) in [6.45, 7) is 1.47. The standard InChI is InChI=1S/C25H25FN4O5/c1-16(34-20-12-10-18(26)11-13-20)24(32)30-29-23(31)15-22(28-25(27)33)17-6-5-9-21(14-17)35-19-7-3-2-4-8-19/h2-14,16,22H,15H2,1H3,(H,29,31)(H,30,32)(H3,27,28,33). The van der Waals surface area contributed by atoms with Crippen molar-refractivity contribution in [3.05, 3.63) is 90.2 Å². The van der Waals surface area contributed by atoms with Gasteiger partial charge in [0, 0.05) is 0 Å². The first-order valence-corrected chi connectivity index (χ1v) is 10.7. The first kappa shape index (κ1) is 25.0. The number of halogens is 1. The third kappa shape index (κ3) is 8.04. The quantitative estimate of drug-likeness (QED) is 0.349. The Morgan fingerprint density at radius 3 is 2.26 bits per heavy atom. The average molecular weight is 480 g/mol. The van der Waals surface area contributed by atoms with Crippen LogP contribution in [0.15, 0.2) is 78.9 Å². The van der Waals surface area contributed by atoms with Gasteiger partial charge in [0.1, 0.15) is 23.1 Å². The number of rotatable bonds is 9. The number of carbonyl (C=O) groups is 3. The summed E-state index contributed by atoms with van der Waals surface area (Å²) < 4.78 is 24.2. The number of primary amides is 1. The molecule has 0 radical (unpaired) electrons. The van der Waals surface area contributed by atoms with E-state index in [0.717, 1.165) is 0 Å². The Hall–Kier alpha value is -4.60. The van der Waals surface area contributed by atoms with Gasteiger partial charge >= 0.3 is 6.03 Å². The second-order valence-electron chi connectivity index (χ2n) is 7.50. The van der Waals surface area contributed by atoms with Gasteiger partial charge in [-0.3, -0.25) is 20.4 Å². The lowest BCUT2D eigenvalue weighted by atomic mass is 10.0. The van der Waals surface area contributed by atoms with Crippen LogP contribution in [0.25, 0.3) is 0 Å². The zero-order valence-electron chi connectivity index (χ0n) is 18.9. The van der Waals surface area contributed by atoms with Crippen molar-refractivity contribution >= 4 is 17.8 Å². The number of benzene rings is 3. The van der Waals surface area contributed by atoms with Gasteiger partial charge in [-0.15, -0.1) is 0 Å². The van der Waals surface area contributed by atoms with Crippen LogP contribution in [0.1, 0.15) is 24.9 Å². The molecule has 3 rings (SSSR count). The minimum Gasteiger partial charge on any atom is -0.481 e. The number of urea groups is 1. The Bertz CT molecular complexity index is 1160. The van der Waals surface area contributed by atoms with Crippen LogP contribution < -0.4 is 31.4 Å². The van der Waals surface area contributed by atoms with Crippen LogP contribution in [0, 0.1) is 5.82 Å². The van der Waals surface area contributed by atoms with Gasteiger partial charge in [-0.1, -0.05) is 30.3 Å². The van der Waals surface area contributed by atoms with Gasteiger partial charge in [-0.05, 0) is 61.0 Å². The largest absolute Gasteiger partial charge is 0.481 e. The molecule has 0 fully saturated rings. The third-order valence-electron chi connectivity index (χ3n) is 4.77. The Balaban J connectivity index is 1.58. The number of hydrogen-bond acceptors (Lipinski definition) is 5. The van der Waals surface area contributed by atoms with E-state index in [1.807, 2.05) is 18.2 Å². The van der Waals surface area contributed by atoms with Gasteiger partial charge < -0.3 is 20.5 Å². The number of ether oxygens (including phenoxy) is 2. The molecule has 0 aliphatic carbocycles. The lowest BCUT2D eigenvalue weighted by molar-refractivity contribution is -0.132. The normalized spacial score (nSPS) is 12.1. The van der Waals surface area contributed by atoms with Crippen molar-refractivity contribution in [2.75, 3.05) is 0 Å². The number of carbonyl (C=O) groups excluding carboxylic acids is 3. The first-order valence-electron chi connectivity index (χ1n) is 10.7. The molecule has 0 saturated heterocycles. The van der Waals surface area contributed by atoms with Crippen molar-refractivity contribution in [1.82, 2.24) is 16.2 Å². The average Bonchev–Trinajstić information content (AvgIpc) is 2.84. The van der Waals surface area contributed by atoms with Crippen LogP contribution in [0.5, 0.6) is 17.2 Å². The second-order valence-corrected chi connectivity index (χ2v) is 7.50. The molecule has 5 N–H and O–H groups in total. The molecule has 3 aromatic rings. The molecule has 0 aliphatic rings. The predicted octanol–water partition coefficient (Wildman–Crippen LogP) is 3.33. The van der Waals surface area contributed by atoms with Crippen molar-refractivity contribution < 1.29 is 28.2 Å².